The number of likely N-dealkylation sites (N-methyl/N-ethyl adjacent to an activating group) is 1. The summed E-state index contributed by atoms with van der Waals surface area (Å²) in [5, 5.41) is 2.92. The van der Waals surface area contributed by atoms with Crippen LogP contribution in [0.15, 0.2) is 71.6 Å². The number of hydrogen-bond donors (Lipinski definition) is 2. The van der Waals surface area contributed by atoms with Crippen LogP contribution >= 0.6 is 0 Å². The molecule has 2 N–H and O–H groups in total. The maximum atomic E-state index is 14.1. The van der Waals surface area contributed by atoms with Crippen molar-refractivity contribution in [3.05, 3.63) is 83.7 Å². The smallest absolute Gasteiger partial charge is 0.264 e. The summed E-state index contributed by atoms with van der Waals surface area (Å²) in [6.45, 7) is 0.502. The van der Waals surface area contributed by atoms with Gasteiger partial charge in [-0.05, 0) is 60.9 Å². The molecule has 3 aromatic rings. The number of rotatable bonds is 8. The fourth-order valence-corrected chi connectivity index (χ4v) is 6.36. The molecule has 0 unspecified atom stereocenters. The van der Waals surface area contributed by atoms with E-state index >= 15 is 0 Å². The Bertz CT molecular complexity index is 1580. The van der Waals surface area contributed by atoms with Crippen LogP contribution in [0.1, 0.15) is 35.2 Å². The van der Waals surface area contributed by atoms with Gasteiger partial charge in [-0.1, -0.05) is 24.3 Å². The summed E-state index contributed by atoms with van der Waals surface area (Å²) in [5.74, 6) is -0.418. The quantitative estimate of drug-likeness (QED) is 0.406. The van der Waals surface area contributed by atoms with Crippen LogP contribution in [0.2, 0.25) is 0 Å². The number of hydrogen-bond acceptors (Lipinski definition) is 7. The minimum absolute atomic E-state index is 0.0967. The van der Waals surface area contributed by atoms with Crippen molar-refractivity contribution in [1.29, 1.82) is 0 Å². The monoisotopic (exact) mass is 597 g/mol. The van der Waals surface area contributed by atoms with Gasteiger partial charge in [0.2, 0.25) is 5.91 Å². The standard InChI is InChI=1S/C30H32FN3O7S/c1-34-25-12-11-22(16-29(35)32-17-19-6-5-7-21(14-19)39-2)41-27(25)18-40-26-13-10-20(15-23(26)30(34)36)33-42(37,38)28-9-4-3-8-24(28)31/h3-10,13-15,22,25,27,33H,11-12,16-18H2,1-2H3,(H,32,35)/t22-,25+,27-/m0/s1. The van der Waals surface area contributed by atoms with Crippen molar-refractivity contribution in [1.82, 2.24) is 10.2 Å². The van der Waals surface area contributed by atoms with Crippen molar-refractivity contribution in [3.8, 4) is 11.5 Å². The highest BCUT2D eigenvalue weighted by Gasteiger charge is 2.39. The third kappa shape index (κ3) is 6.50. The maximum Gasteiger partial charge on any atom is 0.264 e. The molecule has 0 spiro atoms. The molecule has 2 amide bonds. The zero-order valence-electron chi connectivity index (χ0n) is 23.2. The van der Waals surface area contributed by atoms with E-state index in [1.54, 1.807) is 19.1 Å². The summed E-state index contributed by atoms with van der Waals surface area (Å²) >= 11 is 0. The minimum Gasteiger partial charge on any atom is -0.497 e. The van der Waals surface area contributed by atoms with Crippen molar-refractivity contribution in [2.75, 3.05) is 25.5 Å². The highest BCUT2D eigenvalue weighted by molar-refractivity contribution is 7.92. The Kier molecular flexibility index (Phi) is 8.64. The molecule has 2 aliphatic heterocycles. The van der Waals surface area contributed by atoms with Gasteiger partial charge in [0.05, 0.1) is 31.2 Å². The number of ether oxygens (including phenoxy) is 3. The van der Waals surface area contributed by atoms with Gasteiger partial charge >= 0.3 is 0 Å². The van der Waals surface area contributed by atoms with E-state index in [4.69, 9.17) is 14.2 Å². The Hall–Kier alpha value is -4.16. The summed E-state index contributed by atoms with van der Waals surface area (Å²) < 4.78 is 59.4. The predicted octanol–water partition coefficient (Wildman–Crippen LogP) is 3.72. The Morgan fingerprint density at radius 1 is 1.10 bits per heavy atom. The molecule has 5 rings (SSSR count). The van der Waals surface area contributed by atoms with Gasteiger partial charge in [-0.25, -0.2) is 12.8 Å². The molecule has 2 aliphatic rings. The lowest BCUT2D eigenvalue weighted by Crippen LogP contribution is -2.53. The second-order valence-corrected chi connectivity index (χ2v) is 11.9. The van der Waals surface area contributed by atoms with Gasteiger partial charge in [0.25, 0.3) is 15.9 Å². The van der Waals surface area contributed by atoms with E-state index in [0.29, 0.717) is 25.1 Å². The lowest BCUT2D eigenvalue weighted by atomic mass is 9.94. The Balaban J connectivity index is 1.23. The number of methoxy groups -OCH3 is 1. The number of benzene rings is 3. The number of halogens is 1. The van der Waals surface area contributed by atoms with Gasteiger partial charge in [-0.15, -0.1) is 0 Å². The lowest BCUT2D eigenvalue weighted by Gasteiger charge is -2.42. The van der Waals surface area contributed by atoms with Crippen LogP contribution in [0.4, 0.5) is 10.1 Å². The Morgan fingerprint density at radius 2 is 1.90 bits per heavy atom. The van der Waals surface area contributed by atoms with Crippen molar-refractivity contribution < 1.29 is 36.6 Å². The van der Waals surface area contributed by atoms with E-state index in [9.17, 15) is 22.4 Å². The van der Waals surface area contributed by atoms with Gasteiger partial charge in [0, 0.05) is 19.3 Å². The lowest BCUT2D eigenvalue weighted by molar-refractivity contribution is -0.134. The molecule has 3 atom stereocenters. The number of nitrogens with zero attached hydrogens (tertiary/aromatic N) is 1. The summed E-state index contributed by atoms with van der Waals surface area (Å²) in [6, 6.07) is 16.5. The van der Waals surface area contributed by atoms with E-state index in [1.165, 1.54) is 30.3 Å². The first-order chi connectivity index (χ1) is 20.1. The second-order valence-electron chi connectivity index (χ2n) is 10.2. The molecule has 0 saturated carbocycles. The average molecular weight is 598 g/mol. The van der Waals surface area contributed by atoms with Crippen molar-refractivity contribution >= 4 is 27.5 Å². The van der Waals surface area contributed by atoms with Crippen LogP contribution in [0.5, 0.6) is 11.5 Å². The predicted molar refractivity (Wildman–Crippen MR) is 152 cm³/mol. The van der Waals surface area contributed by atoms with Crippen LogP contribution in [0.25, 0.3) is 0 Å². The molecule has 12 heteroatoms. The number of fused-ring (bicyclic) bond motifs is 2. The van der Waals surface area contributed by atoms with Gasteiger partial charge in [-0.2, -0.15) is 0 Å². The third-order valence-corrected chi connectivity index (χ3v) is 8.84. The number of carbonyl (C=O) groups excluding carboxylic acids is 2. The van der Waals surface area contributed by atoms with Gasteiger partial charge in [0.15, 0.2) is 0 Å². The topological polar surface area (TPSA) is 123 Å². The minimum atomic E-state index is -4.23. The van der Waals surface area contributed by atoms with E-state index in [0.717, 1.165) is 17.7 Å². The van der Waals surface area contributed by atoms with E-state index in [1.807, 2.05) is 24.3 Å². The zero-order valence-corrected chi connectivity index (χ0v) is 24.0. The fourth-order valence-electron chi connectivity index (χ4n) is 5.23. The molecule has 0 aliphatic carbocycles. The van der Waals surface area contributed by atoms with Gasteiger partial charge in [0.1, 0.15) is 34.9 Å². The first-order valence-corrected chi connectivity index (χ1v) is 15.0. The molecule has 1 saturated heterocycles. The van der Waals surface area contributed by atoms with Crippen molar-refractivity contribution in [2.45, 2.75) is 49.0 Å². The molecule has 0 radical (unpaired) electrons. The van der Waals surface area contributed by atoms with E-state index in [2.05, 4.69) is 10.0 Å². The highest BCUT2D eigenvalue weighted by atomic mass is 32.2. The SMILES string of the molecule is COc1cccc(CNC(=O)C[C@@H]2CC[C@@H]3[C@H](COc4ccc(NS(=O)(=O)c5ccccc5F)cc4C(=O)N3C)O2)c1. The number of sulfonamides is 1. The highest BCUT2D eigenvalue weighted by Crippen LogP contribution is 2.33. The molecule has 2 heterocycles. The normalized spacial score (nSPS) is 20.3. The molecule has 222 valence electrons. The Labute approximate surface area is 243 Å². The summed E-state index contributed by atoms with van der Waals surface area (Å²) in [7, 11) is -0.974. The Morgan fingerprint density at radius 3 is 2.69 bits per heavy atom. The van der Waals surface area contributed by atoms with Crippen LogP contribution in [0, 0.1) is 5.82 Å². The summed E-state index contributed by atoms with van der Waals surface area (Å²) in [6.07, 6.45) is 0.543. The molecule has 10 nitrogen and oxygen atoms in total. The van der Waals surface area contributed by atoms with Crippen LogP contribution in [0.3, 0.4) is 0 Å². The first kappa shape index (κ1) is 29.3. The number of carbonyl (C=O) groups is 2. The first-order valence-electron chi connectivity index (χ1n) is 13.5. The largest absolute Gasteiger partial charge is 0.497 e. The van der Waals surface area contributed by atoms with Gasteiger partial charge in [-0.3, -0.25) is 14.3 Å². The average Bonchev–Trinajstić information content (AvgIpc) is 2.98. The molecular formula is C30H32FN3O7S. The summed E-state index contributed by atoms with van der Waals surface area (Å²) in [5.41, 5.74) is 1.19. The van der Waals surface area contributed by atoms with E-state index in [-0.39, 0.29) is 54.0 Å². The van der Waals surface area contributed by atoms with Crippen molar-refractivity contribution in [3.63, 3.8) is 0 Å². The molecule has 3 aromatic carbocycles. The zero-order chi connectivity index (χ0) is 29.9. The van der Waals surface area contributed by atoms with Crippen LogP contribution in [-0.4, -0.2) is 64.1 Å². The van der Waals surface area contributed by atoms with Crippen LogP contribution < -0.4 is 19.5 Å². The van der Waals surface area contributed by atoms with Gasteiger partial charge < -0.3 is 24.4 Å². The number of amides is 2. The van der Waals surface area contributed by atoms with Crippen LogP contribution in [-0.2, 0) is 26.1 Å². The van der Waals surface area contributed by atoms with Crippen molar-refractivity contribution in [2.24, 2.45) is 0 Å². The fraction of sp³-hybridized carbons (Fsp3) is 0.333. The molecule has 0 bridgehead atoms. The number of nitrogens with one attached hydrogen (secondary N) is 2. The summed E-state index contributed by atoms with van der Waals surface area (Å²) in [4.78, 5) is 27.2. The van der Waals surface area contributed by atoms with E-state index < -0.39 is 26.8 Å². The third-order valence-electron chi connectivity index (χ3n) is 7.43. The molecule has 1 fully saturated rings. The molecule has 0 aromatic heterocycles. The second kappa shape index (κ2) is 12.4. The molecule has 42 heavy (non-hydrogen) atoms. The molecular weight excluding hydrogens is 565 g/mol. The number of anilines is 1. The maximum absolute atomic E-state index is 14.1.